The van der Waals surface area contributed by atoms with E-state index in [0.717, 1.165) is 11.3 Å². The van der Waals surface area contributed by atoms with Crippen molar-refractivity contribution in [1.82, 2.24) is 5.43 Å². The van der Waals surface area contributed by atoms with Crippen molar-refractivity contribution in [3.8, 4) is 5.75 Å². The van der Waals surface area contributed by atoms with Gasteiger partial charge in [0, 0.05) is 6.92 Å². The number of benzene rings is 1. The lowest BCUT2D eigenvalue weighted by molar-refractivity contribution is -0.118. The van der Waals surface area contributed by atoms with E-state index in [9.17, 15) is 4.79 Å². The minimum absolute atomic E-state index is 0.192. The fraction of sp³-hybridized carbons (Fsp3) is 0.167. The Bertz CT molecular complexity index is 383. The second-order valence-electron chi connectivity index (χ2n) is 3.09. The van der Waals surface area contributed by atoms with Gasteiger partial charge in [0.2, 0.25) is 5.91 Å². The van der Waals surface area contributed by atoms with Gasteiger partial charge in [-0.1, -0.05) is 12.7 Å². The highest BCUT2D eigenvalue weighted by Crippen LogP contribution is 2.10. The molecule has 1 aromatic rings. The molecule has 0 unspecified atom stereocenters. The number of ether oxygens (including phenoxy) is 1. The molecule has 4 nitrogen and oxygen atoms in total. The fourth-order valence-electron chi connectivity index (χ4n) is 1.00. The van der Waals surface area contributed by atoms with E-state index in [1.54, 1.807) is 12.3 Å². The smallest absolute Gasteiger partial charge is 0.236 e. The third-order valence-electron chi connectivity index (χ3n) is 1.68. The summed E-state index contributed by atoms with van der Waals surface area (Å²) in [6.45, 7) is 5.46. The Balaban J connectivity index is 2.53. The third kappa shape index (κ3) is 4.41. The Morgan fingerprint density at radius 1 is 1.50 bits per heavy atom. The van der Waals surface area contributed by atoms with E-state index in [2.05, 4.69) is 17.1 Å². The summed E-state index contributed by atoms with van der Waals surface area (Å²) in [5.74, 6) is 0.582. The van der Waals surface area contributed by atoms with Crippen molar-refractivity contribution in [2.75, 3.05) is 6.61 Å². The first-order valence-corrected chi connectivity index (χ1v) is 4.86. The zero-order valence-corrected chi connectivity index (χ0v) is 9.14. The average molecular weight is 218 g/mol. The standard InChI is InChI=1S/C12H14N2O2/c1-3-8-16-12-6-4-11(5-7-12)9-13-14-10(2)15/h3-7,9H,1,8H2,2H3,(H,14,15). The maximum atomic E-state index is 10.6. The minimum Gasteiger partial charge on any atom is -0.490 e. The van der Waals surface area contributed by atoms with E-state index in [1.807, 2.05) is 24.3 Å². The van der Waals surface area contributed by atoms with Gasteiger partial charge in [-0.05, 0) is 29.8 Å². The van der Waals surface area contributed by atoms with Gasteiger partial charge in [-0.3, -0.25) is 4.79 Å². The van der Waals surface area contributed by atoms with Crippen LogP contribution in [0.5, 0.6) is 5.75 Å². The van der Waals surface area contributed by atoms with Gasteiger partial charge in [0.1, 0.15) is 12.4 Å². The van der Waals surface area contributed by atoms with Crippen LogP contribution in [0.2, 0.25) is 0 Å². The Morgan fingerprint density at radius 2 is 2.19 bits per heavy atom. The number of carbonyl (C=O) groups is 1. The topological polar surface area (TPSA) is 50.7 Å². The number of carbonyl (C=O) groups excluding carboxylic acids is 1. The molecule has 0 bridgehead atoms. The van der Waals surface area contributed by atoms with E-state index in [4.69, 9.17) is 4.74 Å². The predicted octanol–water partition coefficient (Wildman–Crippen LogP) is 1.72. The number of nitrogens with zero attached hydrogens (tertiary/aromatic N) is 1. The van der Waals surface area contributed by atoms with Gasteiger partial charge in [0.05, 0.1) is 6.21 Å². The zero-order valence-electron chi connectivity index (χ0n) is 9.14. The van der Waals surface area contributed by atoms with E-state index >= 15 is 0 Å². The van der Waals surface area contributed by atoms with Crippen LogP contribution in [0.25, 0.3) is 0 Å². The molecule has 0 aliphatic carbocycles. The number of hydrazone groups is 1. The van der Waals surface area contributed by atoms with E-state index in [-0.39, 0.29) is 5.91 Å². The van der Waals surface area contributed by atoms with Crippen molar-refractivity contribution >= 4 is 12.1 Å². The Morgan fingerprint density at radius 3 is 2.75 bits per heavy atom. The number of amides is 1. The lowest BCUT2D eigenvalue weighted by Crippen LogP contribution is -2.12. The van der Waals surface area contributed by atoms with Crippen LogP contribution in [0, 0.1) is 0 Å². The molecule has 0 saturated carbocycles. The van der Waals surface area contributed by atoms with Gasteiger partial charge in [-0.2, -0.15) is 5.10 Å². The molecule has 0 heterocycles. The first kappa shape index (κ1) is 12.0. The first-order chi connectivity index (χ1) is 7.72. The van der Waals surface area contributed by atoms with Crippen LogP contribution in [0.15, 0.2) is 42.0 Å². The number of hydrogen-bond donors (Lipinski definition) is 1. The summed E-state index contributed by atoms with van der Waals surface area (Å²) < 4.78 is 5.32. The van der Waals surface area contributed by atoms with Gasteiger partial charge in [-0.15, -0.1) is 0 Å². The SMILES string of the molecule is C=CCOc1ccc(C=NNC(C)=O)cc1. The molecular formula is C12H14N2O2. The van der Waals surface area contributed by atoms with Crippen LogP contribution < -0.4 is 10.2 Å². The van der Waals surface area contributed by atoms with Gasteiger partial charge in [0.15, 0.2) is 0 Å². The Labute approximate surface area is 94.6 Å². The summed E-state index contributed by atoms with van der Waals surface area (Å²) in [6.07, 6.45) is 3.25. The lowest BCUT2D eigenvalue weighted by atomic mass is 10.2. The largest absolute Gasteiger partial charge is 0.490 e. The minimum atomic E-state index is -0.192. The molecule has 0 spiro atoms. The molecule has 0 fully saturated rings. The van der Waals surface area contributed by atoms with Crippen molar-refractivity contribution in [2.24, 2.45) is 5.10 Å². The van der Waals surface area contributed by atoms with E-state index < -0.39 is 0 Å². The first-order valence-electron chi connectivity index (χ1n) is 4.86. The molecule has 1 rings (SSSR count). The molecule has 16 heavy (non-hydrogen) atoms. The van der Waals surface area contributed by atoms with Crippen LogP contribution in [-0.4, -0.2) is 18.7 Å². The maximum absolute atomic E-state index is 10.6. The Hall–Kier alpha value is -2.10. The van der Waals surface area contributed by atoms with Crippen LogP contribution >= 0.6 is 0 Å². The summed E-state index contributed by atoms with van der Waals surface area (Å²) in [5, 5.41) is 3.75. The highest BCUT2D eigenvalue weighted by Gasteiger charge is 1.92. The molecule has 0 aliphatic heterocycles. The average Bonchev–Trinajstić information content (AvgIpc) is 2.27. The predicted molar refractivity (Wildman–Crippen MR) is 63.5 cm³/mol. The molecule has 0 aromatic heterocycles. The molecular weight excluding hydrogens is 204 g/mol. The van der Waals surface area contributed by atoms with Crippen LogP contribution in [0.1, 0.15) is 12.5 Å². The third-order valence-corrected chi connectivity index (χ3v) is 1.68. The van der Waals surface area contributed by atoms with Crippen LogP contribution in [-0.2, 0) is 4.79 Å². The summed E-state index contributed by atoms with van der Waals surface area (Å²) >= 11 is 0. The van der Waals surface area contributed by atoms with Crippen LogP contribution in [0.3, 0.4) is 0 Å². The number of rotatable bonds is 5. The molecule has 1 aromatic carbocycles. The molecule has 84 valence electrons. The molecule has 0 aliphatic rings. The van der Waals surface area contributed by atoms with Crippen molar-refractivity contribution in [2.45, 2.75) is 6.92 Å². The second kappa shape index (κ2) is 6.40. The zero-order chi connectivity index (χ0) is 11.8. The van der Waals surface area contributed by atoms with Crippen molar-refractivity contribution in [1.29, 1.82) is 0 Å². The summed E-state index contributed by atoms with van der Waals surface area (Å²) in [6, 6.07) is 7.37. The fourth-order valence-corrected chi connectivity index (χ4v) is 1.00. The molecule has 1 amide bonds. The van der Waals surface area contributed by atoms with E-state index in [0.29, 0.717) is 6.61 Å². The summed E-state index contributed by atoms with van der Waals surface area (Å²) in [7, 11) is 0. The highest BCUT2D eigenvalue weighted by molar-refractivity contribution is 5.81. The van der Waals surface area contributed by atoms with Gasteiger partial charge < -0.3 is 4.74 Å². The highest BCUT2D eigenvalue weighted by atomic mass is 16.5. The normalized spacial score (nSPS) is 10.1. The Kier molecular flexibility index (Phi) is 4.79. The summed E-state index contributed by atoms with van der Waals surface area (Å²) in [5.41, 5.74) is 3.22. The molecule has 1 N–H and O–H groups in total. The monoisotopic (exact) mass is 218 g/mol. The number of hydrogen-bond acceptors (Lipinski definition) is 3. The van der Waals surface area contributed by atoms with Crippen LogP contribution in [0.4, 0.5) is 0 Å². The second-order valence-corrected chi connectivity index (χ2v) is 3.09. The van der Waals surface area contributed by atoms with Gasteiger partial charge in [-0.25, -0.2) is 5.43 Å². The van der Waals surface area contributed by atoms with E-state index in [1.165, 1.54) is 6.92 Å². The summed E-state index contributed by atoms with van der Waals surface area (Å²) in [4.78, 5) is 10.6. The molecule has 0 radical (unpaired) electrons. The van der Waals surface area contributed by atoms with Crippen molar-refractivity contribution in [3.63, 3.8) is 0 Å². The molecule has 0 atom stereocenters. The van der Waals surface area contributed by atoms with Crippen molar-refractivity contribution < 1.29 is 9.53 Å². The lowest BCUT2D eigenvalue weighted by Gasteiger charge is -2.02. The van der Waals surface area contributed by atoms with Gasteiger partial charge in [0.25, 0.3) is 0 Å². The van der Waals surface area contributed by atoms with Gasteiger partial charge >= 0.3 is 0 Å². The van der Waals surface area contributed by atoms with Crippen molar-refractivity contribution in [3.05, 3.63) is 42.5 Å². The maximum Gasteiger partial charge on any atom is 0.236 e. The number of nitrogens with one attached hydrogen (secondary N) is 1. The quantitative estimate of drug-likeness (QED) is 0.465. The molecule has 4 heteroatoms. The molecule has 0 saturated heterocycles.